The first kappa shape index (κ1) is 26.0. The number of nitrogens with one attached hydrogen (secondary N) is 2. The third kappa shape index (κ3) is 7.66. The van der Waals surface area contributed by atoms with Gasteiger partial charge in [-0.05, 0) is 38.0 Å². The Balaban J connectivity index is 0.00000450. The number of aliphatic imine (C=N–C) groups is 1. The fourth-order valence-electron chi connectivity index (χ4n) is 3.06. The van der Waals surface area contributed by atoms with Crippen LogP contribution in [-0.4, -0.2) is 73.6 Å². The Bertz CT molecular complexity index is 720. The van der Waals surface area contributed by atoms with E-state index in [2.05, 4.69) is 20.5 Å². The van der Waals surface area contributed by atoms with Crippen molar-refractivity contribution in [3.63, 3.8) is 0 Å². The number of halogens is 1. The summed E-state index contributed by atoms with van der Waals surface area (Å²) in [6.07, 6.45) is 0.634. The van der Waals surface area contributed by atoms with Crippen molar-refractivity contribution < 1.29 is 14.3 Å². The number of amides is 2. The van der Waals surface area contributed by atoms with Gasteiger partial charge in [0, 0.05) is 51.4 Å². The molecule has 1 fully saturated rings. The van der Waals surface area contributed by atoms with Crippen molar-refractivity contribution in [1.29, 1.82) is 0 Å². The Morgan fingerprint density at radius 1 is 1.17 bits per heavy atom. The zero-order chi connectivity index (χ0) is 21.2. The van der Waals surface area contributed by atoms with Crippen LogP contribution in [0.5, 0.6) is 0 Å². The van der Waals surface area contributed by atoms with Gasteiger partial charge in [0.2, 0.25) is 0 Å². The van der Waals surface area contributed by atoms with Crippen LogP contribution in [0, 0.1) is 0 Å². The fourth-order valence-corrected chi connectivity index (χ4v) is 3.06. The van der Waals surface area contributed by atoms with Gasteiger partial charge >= 0.3 is 6.09 Å². The summed E-state index contributed by atoms with van der Waals surface area (Å²) < 4.78 is 5.06. The quantitative estimate of drug-likeness (QED) is 0.335. The van der Waals surface area contributed by atoms with Gasteiger partial charge in [0.25, 0.3) is 5.91 Å². The first-order valence-electron chi connectivity index (χ1n) is 10.3. The lowest BCUT2D eigenvalue weighted by Crippen LogP contribution is -2.53. The van der Waals surface area contributed by atoms with Crippen molar-refractivity contribution in [2.24, 2.45) is 4.99 Å². The van der Waals surface area contributed by atoms with Gasteiger partial charge in [-0.25, -0.2) is 4.79 Å². The monoisotopic (exact) mass is 531 g/mol. The molecule has 1 heterocycles. The summed E-state index contributed by atoms with van der Waals surface area (Å²) in [6.45, 7) is 9.38. The van der Waals surface area contributed by atoms with Gasteiger partial charge in [-0.3, -0.25) is 9.79 Å². The van der Waals surface area contributed by atoms with Gasteiger partial charge in [-0.15, -0.1) is 24.0 Å². The molecule has 0 aliphatic carbocycles. The molecule has 0 radical (unpaired) electrons. The molecule has 1 atom stereocenters. The Morgan fingerprint density at radius 2 is 1.83 bits per heavy atom. The molecule has 0 spiro atoms. The lowest BCUT2D eigenvalue weighted by Gasteiger charge is -2.35. The van der Waals surface area contributed by atoms with Gasteiger partial charge in [0.15, 0.2) is 5.96 Å². The predicted molar refractivity (Wildman–Crippen MR) is 129 cm³/mol. The van der Waals surface area contributed by atoms with Crippen molar-refractivity contribution in [1.82, 2.24) is 20.4 Å². The molecule has 1 saturated heterocycles. The minimum absolute atomic E-state index is 0. The molecule has 2 amide bonds. The Morgan fingerprint density at radius 3 is 2.43 bits per heavy atom. The Kier molecular flexibility index (Phi) is 11.5. The summed E-state index contributed by atoms with van der Waals surface area (Å²) in [5.41, 5.74) is 1.66. The second-order valence-corrected chi connectivity index (χ2v) is 7.06. The number of rotatable bonds is 6. The molecule has 1 aliphatic heterocycles. The largest absolute Gasteiger partial charge is 0.450 e. The molecule has 9 heteroatoms. The first-order chi connectivity index (χ1) is 14.0. The second-order valence-electron chi connectivity index (χ2n) is 7.06. The lowest BCUT2D eigenvalue weighted by atomic mass is 10.1. The lowest BCUT2D eigenvalue weighted by molar-refractivity contribution is 0.0912. The minimum atomic E-state index is -0.262. The van der Waals surface area contributed by atoms with E-state index in [0.717, 1.165) is 17.9 Å². The van der Waals surface area contributed by atoms with Crippen molar-refractivity contribution in [2.75, 3.05) is 39.8 Å². The molecule has 0 saturated carbocycles. The molecule has 1 aliphatic rings. The first-order valence-corrected chi connectivity index (χ1v) is 10.3. The van der Waals surface area contributed by atoms with Gasteiger partial charge < -0.3 is 25.2 Å². The Hall–Kier alpha value is -2.04. The second kappa shape index (κ2) is 13.3. The minimum Gasteiger partial charge on any atom is -0.450 e. The van der Waals surface area contributed by atoms with Crippen LogP contribution in [0.3, 0.4) is 0 Å². The number of guanidine groups is 1. The van der Waals surface area contributed by atoms with Crippen LogP contribution < -0.4 is 10.6 Å². The van der Waals surface area contributed by atoms with Crippen LogP contribution >= 0.6 is 24.0 Å². The summed E-state index contributed by atoms with van der Waals surface area (Å²) >= 11 is 0. The van der Waals surface area contributed by atoms with E-state index in [0.29, 0.717) is 44.9 Å². The highest BCUT2D eigenvalue weighted by atomic mass is 127. The average Bonchev–Trinajstić information content (AvgIpc) is 2.74. The number of piperazine rings is 1. The zero-order valence-electron chi connectivity index (χ0n) is 18.3. The van der Waals surface area contributed by atoms with Crippen LogP contribution in [0.1, 0.15) is 43.1 Å². The molecule has 2 N–H and O–H groups in total. The predicted octanol–water partition coefficient (Wildman–Crippen LogP) is 2.68. The van der Waals surface area contributed by atoms with E-state index in [9.17, 15) is 9.59 Å². The molecular weight excluding hydrogens is 497 g/mol. The van der Waals surface area contributed by atoms with E-state index in [1.165, 1.54) is 0 Å². The number of hydrogen-bond donors (Lipinski definition) is 2. The Labute approximate surface area is 196 Å². The summed E-state index contributed by atoms with van der Waals surface area (Å²) in [5.74, 6) is 0.726. The van der Waals surface area contributed by atoms with Gasteiger partial charge in [-0.2, -0.15) is 0 Å². The highest BCUT2D eigenvalue weighted by Crippen LogP contribution is 2.08. The van der Waals surface area contributed by atoms with Crippen LogP contribution in [-0.2, 0) is 11.3 Å². The number of nitrogens with zero attached hydrogens (tertiary/aromatic N) is 3. The molecule has 2 rings (SSSR count). The molecule has 0 bridgehead atoms. The highest BCUT2D eigenvalue weighted by molar-refractivity contribution is 14.0. The average molecular weight is 531 g/mol. The van der Waals surface area contributed by atoms with Crippen LogP contribution in [0.2, 0.25) is 0 Å². The molecule has 1 aromatic rings. The van der Waals surface area contributed by atoms with Crippen molar-refractivity contribution in [2.45, 2.75) is 39.8 Å². The summed E-state index contributed by atoms with van der Waals surface area (Å²) in [4.78, 5) is 32.4. The van der Waals surface area contributed by atoms with E-state index in [-0.39, 0.29) is 42.0 Å². The van der Waals surface area contributed by atoms with Gasteiger partial charge in [-0.1, -0.05) is 19.1 Å². The summed E-state index contributed by atoms with van der Waals surface area (Å²) in [6, 6.07) is 7.75. The van der Waals surface area contributed by atoms with Crippen molar-refractivity contribution in [3.05, 3.63) is 35.4 Å². The number of carbonyl (C=O) groups excluding carboxylic acids is 2. The topological polar surface area (TPSA) is 86.3 Å². The van der Waals surface area contributed by atoms with E-state index in [1.54, 1.807) is 11.9 Å². The fraction of sp³-hybridized carbons (Fsp3) is 0.571. The zero-order valence-corrected chi connectivity index (χ0v) is 20.6. The summed E-state index contributed by atoms with van der Waals surface area (Å²) in [7, 11) is 1.75. The highest BCUT2D eigenvalue weighted by Gasteiger charge is 2.23. The molecule has 168 valence electrons. The SMILES string of the molecule is CCOC(=O)N1CCN(C(=NC)NCc2cccc(C(=O)NC(C)CC)c2)CC1.I. The number of carbonyl (C=O) groups is 2. The molecule has 30 heavy (non-hydrogen) atoms. The van der Waals surface area contributed by atoms with E-state index in [1.807, 2.05) is 45.0 Å². The number of ether oxygens (including phenoxy) is 1. The third-order valence-electron chi connectivity index (χ3n) is 4.95. The standard InChI is InChI=1S/C21H33N5O3.HI/c1-5-16(3)24-19(27)18-9-7-8-17(14-18)15-23-20(22-4)25-10-12-26(13-11-25)21(28)29-6-2;/h7-9,14,16H,5-6,10-13,15H2,1-4H3,(H,22,23)(H,24,27);1H. The number of benzene rings is 1. The van der Waals surface area contributed by atoms with Gasteiger partial charge in [0.05, 0.1) is 6.61 Å². The van der Waals surface area contributed by atoms with Crippen molar-refractivity contribution >= 4 is 41.9 Å². The maximum Gasteiger partial charge on any atom is 0.409 e. The normalized spacial score (nSPS) is 15.1. The maximum atomic E-state index is 12.3. The molecule has 0 aromatic heterocycles. The van der Waals surface area contributed by atoms with Crippen LogP contribution in [0.15, 0.2) is 29.3 Å². The summed E-state index contributed by atoms with van der Waals surface area (Å²) in [5, 5.41) is 6.34. The van der Waals surface area contributed by atoms with Crippen LogP contribution in [0.4, 0.5) is 4.79 Å². The molecule has 1 aromatic carbocycles. The van der Waals surface area contributed by atoms with Crippen LogP contribution in [0.25, 0.3) is 0 Å². The van der Waals surface area contributed by atoms with E-state index >= 15 is 0 Å². The van der Waals surface area contributed by atoms with Gasteiger partial charge in [0.1, 0.15) is 0 Å². The molecular formula is C21H34IN5O3. The van der Waals surface area contributed by atoms with E-state index in [4.69, 9.17) is 4.74 Å². The number of hydrogen-bond acceptors (Lipinski definition) is 4. The van der Waals surface area contributed by atoms with E-state index < -0.39 is 0 Å². The smallest absolute Gasteiger partial charge is 0.409 e. The van der Waals surface area contributed by atoms with Crippen molar-refractivity contribution in [3.8, 4) is 0 Å². The third-order valence-corrected chi connectivity index (χ3v) is 4.95. The molecule has 8 nitrogen and oxygen atoms in total. The molecule has 1 unspecified atom stereocenters. The maximum absolute atomic E-state index is 12.3.